The second-order valence-corrected chi connectivity index (χ2v) is 6.81. The van der Waals surface area contributed by atoms with Crippen molar-refractivity contribution in [2.75, 3.05) is 12.0 Å². The number of aromatic nitrogens is 7. The molecule has 0 amide bonds. The number of thioether (sulfide) groups is 1. The smallest absolute Gasteiger partial charge is 0.151 e. The Morgan fingerprint density at radius 2 is 1.96 bits per heavy atom. The molecule has 24 heavy (non-hydrogen) atoms. The lowest BCUT2D eigenvalue weighted by molar-refractivity contribution is 0.507. The standard InChI is InChI=1S/C16H21N7S/c1-12(2)23-16(18-15(19-23)8-9-24-3)10-13-4-6-14(7-5-13)22-11-17-20-21-22/h4-7,11-12H,8-10H2,1-3H3. The molecule has 0 saturated carbocycles. The van der Waals surface area contributed by atoms with Crippen LogP contribution in [0.25, 0.3) is 5.69 Å². The first-order chi connectivity index (χ1) is 11.7. The first kappa shape index (κ1) is 16.6. The van der Waals surface area contributed by atoms with E-state index < -0.39 is 0 Å². The molecule has 0 radical (unpaired) electrons. The molecule has 2 heterocycles. The molecule has 2 aromatic heterocycles. The Bertz CT molecular complexity index is 762. The van der Waals surface area contributed by atoms with Crippen LogP contribution in [0.2, 0.25) is 0 Å². The van der Waals surface area contributed by atoms with Gasteiger partial charge in [0.05, 0.1) is 5.69 Å². The maximum Gasteiger partial charge on any atom is 0.151 e. The number of benzene rings is 1. The maximum atomic E-state index is 4.74. The Balaban J connectivity index is 1.78. The van der Waals surface area contributed by atoms with Crippen molar-refractivity contribution in [2.24, 2.45) is 0 Å². The minimum absolute atomic E-state index is 0.302. The molecule has 126 valence electrons. The monoisotopic (exact) mass is 343 g/mol. The third kappa shape index (κ3) is 3.81. The quantitative estimate of drug-likeness (QED) is 0.655. The van der Waals surface area contributed by atoms with Gasteiger partial charge in [-0.2, -0.15) is 16.9 Å². The van der Waals surface area contributed by atoms with Crippen molar-refractivity contribution in [1.82, 2.24) is 35.0 Å². The van der Waals surface area contributed by atoms with Crippen molar-refractivity contribution in [2.45, 2.75) is 32.7 Å². The van der Waals surface area contributed by atoms with Crippen LogP contribution in [0.4, 0.5) is 0 Å². The first-order valence-corrected chi connectivity index (χ1v) is 9.32. The van der Waals surface area contributed by atoms with Gasteiger partial charge in [-0.15, -0.1) is 5.10 Å². The van der Waals surface area contributed by atoms with Gasteiger partial charge >= 0.3 is 0 Å². The summed E-state index contributed by atoms with van der Waals surface area (Å²) in [6.07, 6.45) is 5.36. The summed E-state index contributed by atoms with van der Waals surface area (Å²) in [5, 5.41) is 15.9. The van der Waals surface area contributed by atoms with Crippen LogP contribution in [0.15, 0.2) is 30.6 Å². The van der Waals surface area contributed by atoms with E-state index in [4.69, 9.17) is 4.98 Å². The van der Waals surface area contributed by atoms with Crippen LogP contribution < -0.4 is 0 Å². The minimum Gasteiger partial charge on any atom is -0.247 e. The Hall–Kier alpha value is -2.22. The molecular weight excluding hydrogens is 322 g/mol. The third-order valence-corrected chi connectivity index (χ3v) is 4.29. The first-order valence-electron chi connectivity index (χ1n) is 7.93. The van der Waals surface area contributed by atoms with Gasteiger partial charge in [-0.25, -0.2) is 14.3 Å². The van der Waals surface area contributed by atoms with Crippen molar-refractivity contribution < 1.29 is 0 Å². The van der Waals surface area contributed by atoms with Gasteiger partial charge in [-0.1, -0.05) is 12.1 Å². The zero-order valence-corrected chi connectivity index (χ0v) is 14.9. The average Bonchev–Trinajstić information content (AvgIpc) is 3.23. The normalized spacial score (nSPS) is 11.3. The summed E-state index contributed by atoms with van der Waals surface area (Å²) in [7, 11) is 0. The fourth-order valence-corrected chi connectivity index (χ4v) is 2.85. The van der Waals surface area contributed by atoms with E-state index in [0.29, 0.717) is 6.04 Å². The molecular formula is C16H21N7S. The highest BCUT2D eigenvalue weighted by atomic mass is 32.2. The molecule has 0 spiro atoms. The summed E-state index contributed by atoms with van der Waals surface area (Å²) in [6, 6.07) is 8.49. The highest BCUT2D eigenvalue weighted by Crippen LogP contribution is 2.15. The summed E-state index contributed by atoms with van der Waals surface area (Å²) in [4.78, 5) is 4.74. The molecule has 0 aliphatic carbocycles. The molecule has 0 fully saturated rings. The molecule has 0 bridgehead atoms. The molecule has 0 atom stereocenters. The number of hydrogen-bond acceptors (Lipinski definition) is 6. The van der Waals surface area contributed by atoms with E-state index in [1.165, 1.54) is 5.56 Å². The topological polar surface area (TPSA) is 74.3 Å². The van der Waals surface area contributed by atoms with Crippen LogP contribution in [-0.4, -0.2) is 47.0 Å². The minimum atomic E-state index is 0.302. The van der Waals surface area contributed by atoms with Gasteiger partial charge in [0.2, 0.25) is 0 Å². The van der Waals surface area contributed by atoms with Gasteiger partial charge in [0.1, 0.15) is 12.2 Å². The third-order valence-electron chi connectivity index (χ3n) is 3.68. The SMILES string of the molecule is CSCCc1nc(Cc2ccc(-n3cnnn3)cc2)n(C(C)C)n1. The number of aryl methyl sites for hydroxylation is 1. The molecule has 1 aromatic carbocycles. The largest absolute Gasteiger partial charge is 0.247 e. The van der Waals surface area contributed by atoms with Crippen LogP contribution in [0.1, 0.15) is 37.1 Å². The second kappa shape index (κ2) is 7.57. The van der Waals surface area contributed by atoms with E-state index >= 15 is 0 Å². The molecule has 0 N–H and O–H groups in total. The Morgan fingerprint density at radius 3 is 2.58 bits per heavy atom. The fraction of sp³-hybridized carbons (Fsp3) is 0.438. The molecule has 7 nitrogen and oxygen atoms in total. The number of nitrogens with zero attached hydrogens (tertiary/aromatic N) is 7. The molecule has 0 saturated heterocycles. The molecule has 0 aliphatic heterocycles. The van der Waals surface area contributed by atoms with Crippen LogP contribution in [0.5, 0.6) is 0 Å². The van der Waals surface area contributed by atoms with Gasteiger partial charge in [-0.3, -0.25) is 0 Å². The summed E-state index contributed by atoms with van der Waals surface area (Å²) in [5.41, 5.74) is 2.13. The molecule has 8 heteroatoms. The van der Waals surface area contributed by atoms with Crippen molar-refractivity contribution in [1.29, 1.82) is 0 Å². The van der Waals surface area contributed by atoms with Crippen molar-refractivity contribution in [3.05, 3.63) is 47.8 Å². The molecule has 0 unspecified atom stereocenters. The average molecular weight is 343 g/mol. The van der Waals surface area contributed by atoms with Crippen molar-refractivity contribution in [3.63, 3.8) is 0 Å². The summed E-state index contributed by atoms with van der Waals surface area (Å²) >= 11 is 1.82. The Morgan fingerprint density at radius 1 is 1.17 bits per heavy atom. The summed E-state index contributed by atoms with van der Waals surface area (Å²) in [5.74, 6) is 2.98. The summed E-state index contributed by atoms with van der Waals surface area (Å²) in [6.45, 7) is 4.27. The maximum absolute atomic E-state index is 4.74. The summed E-state index contributed by atoms with van der Waals surface area (Å²) < 4.78 is 3.67. The van der Waals surface area contributed by atoms with E-state index in [1.54, 1.807) is 11.0 Å². The lowest BCUT2D eigenvalue weighted by Crippen LogP contribution is -2.09. The Kier molecular flexibility index (Phi) is 5.24. The molecule has 3 rings (SSSR count). The van der Waals surface area contributed by atoms with Crippen LogP contribution in [0.3, 0.4) is 0 Å². The zero-order chi connectivity index (χ0) is 16.9. The van der Waals surface area contributed by atoms with Gasteiger partial charge in [0.25, 0.3) is 0 Å². The van der Waals surface area contributed by atoms with E-state index in [1.807, 2.05) is 28.6 Å². The Labute approximate surface area is 145 Å². The zero-order valence-electron chi connectivity index (χ0n) is 14.1. The van der Waals surface area contributed by atoms with Gasteiger partial charge in [0.15, 0.2) is 5.82 Å². The predicted molar refractivity (Wildman–Crippen MR) is 94.5 cm³/mol. The number of hydrogen-bond donors (Lipinski definition) is 0. The number of tetrazole rings is 1. The van der Waals surface area contributed by atoms with Crippen LogP contribution >= 0.6 is 11.8 Å². The van der Waals surface area contributed by atoms with Crippen molar-refractivity contribution >= 4 is 11.8 Å². The predicted octanol–water partition coefficient (Wildman–Crippen LogP) is 2.33. The number of rotatable bonds is 7. The van der Waals surface area contributed by atoms with E-state index in [9.17, 15) is 0 Å². The highest BCUT2D eigenvalue weighted by Gasteiger charge is 2.13. The van der Waals surface area contributed by atoms with Gasteiger partial charge < -0.3 is 0 Å². The highest BCUT2D eigenvalue weighted by molar-refractivity contribution is 7.98. The van der Waals surface area contributed by atoms with Crippen LogP contribution in [0, 0.1) is 0 Å². The van der Waals surface area contributed by atoms with Gasteiger partial charge in [0, 0.05) is 24.6 Å². The van der Waals surface area contributed by atoms with E-state index in [0.717, 1.165) is 35.9 Å². The van der Waals surface area contributed by atoms with E-state index in [2.05, 4.69) is 52.9 Å². The van der Waals surface area contributed by atoms with Crippen LogP contribution in [-0.2, 0) is 12.8 Å². The fourth-order valence-electron chi connectivity index (χ4n) is 2.47. The molecule has 3 aromatic rings. The lowest BCUT2D eigenvalue weighted by atomic mass is 10.1. The lowest BCUT2D eigenvalue weighted by Gasteiger charge is -2.09. The molecule has 0 aliphatic rings. The van der Waals surface area contributed by atoms with E-state index in [-0.39, 0.29) is 0 Å². The van der Waals surface area contributed by atoms with Gasteiger partial charge in [-0.05, 0) is 48.2 Å². The van der Waals surface area contributed by atoms with Crippen molar-refractivity contribution in [3.8, 4) is 5.69 Å². The second-order valence-electron chi connectivity index (χ2n) is 5.82.